The number of thioether (sulfide) groups is 1. The maximum Gasteiger partial charge on any atom is 0.321 e. The third-order valence-corrected chi connectivity index (χ3v) is 3.60. The predicted molar refractivity (Wildman–Crippen MR) is 74.6 cm³/mol. The lowest BCUT2D eigenvalue weighted by Crippen LogP contribution is -2.43. The first-order valence-corrected chi connectivity index (χ1v) is 7.22. The number of aromatic nitrogens is 2. The Morgan fingerprint density at radius 2 is 2.05 bits per heavy atom. The number of ether oxygens (including phenoxy) is 1. The van der Waals surface area contributed by atoms with Crippen LogP contribution in [0.3, 0.4) is 0 Å². The van der Waals surface area contributed by atoms with Crippen LogP contribution >= 0.6 is 23.1 Å². The van der Waals surface area contributed by atoms with Crippen molar-refractivity contribution in [3.05, 3.63) is 0 Å². The van der Waals surface area contributed by atoms with E-state index in [2.05, 4.69) is 25.6 Å². The molecule has 0 bridgehead atoms. The lowest BCUT2D eigenvalue weighted by atomic mass is 10.1. The van der Waals surface area contributed by atoms with Gasteiger partial charge in [-0.25, -0.2) is 4.79 Å². The molecule has 0 aromatic carbocycles. The van der Waals surface area contributed by atoms with Crippen molar-refractivity contribution in [2.45, 2.75) is 30.6 Å². The van der Waals surface area contributed by atoms with Crippen molar-refractivity contribution < 1.29 is 14.3 Å². The standard InChI is InChI=1S/C10H16N4O3S2/c1-10(2,3)12-7(16)11-8-13-14-9(19-8)18-5-6(15)17-4/h5H2,1-4H3,(H2,11,12,13,16). The average Bonchev–Trinajstić information content (AvgIpc) is 2.70. The maximum atomic E-state index is 11.6. The van der Waals surface area contributed by atoms with E-state index in [0.29, 0.717) is 9.47 Å². The van der Waals surface area contributed by atoms with E-state index in [1.807, 2.05) is 20.8 Å². The van der Waals surface area contributed by atoms with Gasteiger partial charge in [-0.05, 0) is 20.8 Å². The fourth-order valence-electron chi connectivity index (χ4n) is 0.967. The number of carbonyl (C=O) groups excluding carboxylic acids is 2. The monoisotopic (exact) mass is 304 g/mol. The number of nitrogens with one attached hydrogen (secondary N) is 2. The average molecular weight is 304 g/mol. The molecule has 0 fully saturated rings. The number of hydrogen-bond donors (Lipinski definition) is 2. The Morgan fingerprint density at radius 1 is 1.37 bits per heavy atom. The summed E-state index contributed by atoms with van der Waals surface area (Å²) in [5, 5.41) is 13.4. The highest BCUT2D eigenvalue weighted by molar-refractivity contribution is 8.01. The number of hydrogen-bond acceptors (Lipinski definition) is 7. The Labute approximate surface area is 119 Å². The molecule has 0 aliphatic heterocycles. The molecule has 1 heterocycles. The van der Waals surface area contributed by atoms with E-state index >= 15 is 0 Å². The summed E-state index contributed by atoms with van der Waals surface area (Å²) in [6.07, 6.45) is 0. The summed E-state index contributed by atoms with van der Waals surface area (Å²) in [7, 11) is 1.33. The van der Waals surface area contributed by atoms with Gasteiger partial charge in [0.1, 0.15) is 0 Å². The van der Waals surface area contributed by atoms with E-state index in [1.54, 1.807) is 0 Å². The highest BCUT2D eigenvalue weighted by Crippen LogP contribution is 2.25. The van der Waals surface area contributed by atoms with Crippen LogP contribution < -0.4 is 10.6 Å². The van der Waals surface area contributed by atoms with E-state index < -0.39 is 0 Å². The minimum atomic E-state index is -0.340. The van der Waals surface area contributed by atoms with Crippen LogP contribution in [0.25, 0.3) is 0 Å². The molecule has 0 radical (unpaired) electrons. The fraction of sp³-hybridized carbons (Fsp3) is 0.600. The third kappa shape index (κ3) is 6.39. The first kappa shape index (κ1) is 15.7. The number of carbonyl (C=O) groups is 2. The molecule has 19 heavy (non-hydrogen) atoms. The SMILES string of the molecule is COC(=O)CSc1nnc(NC(=O)NC(C)(C)C)s1. The van der Waals surface area contributed by atoms with Gasteiger partial charge in [-0.3, -0.25) is 10.1 Å². The van der Waals surface area contributed by atoms with Crippen molar-refractivity contribution in [1.82, 2.24) is 15.5 Å². The lowest BCUT2D eigenvalue weighted by Gasteiger charge is -2.19. The van der Waals surface area contributed by atoms with Crippen LogP contribution in [-0.4, -0.2) is 40.6 Å². The van der Waals surface area contributed by atoms with E-state index in [0.717, 1.165) is 0 Å². The zero-order valence-electron chi connectivity index (χ0n) is 11.1. The molecule has 0 saturated carbocycles. The summed E-state index contributed by atoms with van der Waals surface area (Å²) in [5.74, 6) is -0.167. The van der Waals surface area contributed by atoms with Gasteiger partial charge in [-0.1, -0.05) is 23.1 Å². The van der Waals surface area contributed by atoms with Gasteiger partial charge < -0.3 is 10.1 Å². The molecule has 106 valence electrons. The molecule has 0 atom stereocenters. The molecule has 1 aromatic rings. The van der Waals surface area contributed by atoms with Crippen LogP contribution in [-0.2, 0) is 9.53 Å². The summed E-state index contributed by atoms with van der Waals surface area (Å²) >= 11 is 2.41. The minimum absolute atomic E-state index is 0.166. The summed E-state index contributed by atoms with van der Waals surface area (Å²) < 4.78 is 5.11. The van der Waals surface area contributed by atoms with Gasteiger partial charge in [0.2, 0.25) is 5.13 Å². The summed E-state index contributed by atoms with van der Waals surface area (Å²) in [4.78, 5) is 22.5. The van der Waals surface area contributed by atoms with Gasteiger partial charge in [-0.2, -0.15) is 0 Å². The Kier molecular flexibility index (Phi) is 5.55. The Bertz CT molecular complexity index is 456. The number of nitrogens with zero attached hydrogens (tertiary/aromatic N) is 2. The smallest absolute Gasteiger partial charge is 0.321 e. The van der Waals surface area contributed by atoms with Crippen molar-refractivity contribution in [2.75, 3.05) is 18.2 Å². The highest BCUT2D eigenvalue weighted by atomic mass is 32.2. The fourth-order valence-corrected chi connectivity index (χ4v) is 2.55. The number of amides is 2. The number of rotatable bonds is 4. The molecule has 2 N–H and O–H groups in total. The zero-order chi connectivity index (χ0) is 14.5. The molecule has 0 aliphatic rings. The summed E-state index contributed by atoms with van der Waals surface area (Å²) in [5.41, 5.74) is -0.322. The molecular weight excluding hydrogens is 288 g/mol. The molecule has 0 spiro atoms. The minimum Gasteiger partial charge on any atom is -0.468 e. The van der Waals surface area contributed by atoms with Crippen molar-refractivity contribution in [3.63, 3.8) is 0 Å². The molecule has 0 unspecified atom stereocenters. The van der Waals surface area contributed by atoms with Crippen LogP contribution in [0.4, 0.5) is 9.93 Å². The topological polar surface area (TPSA) is 93.2 Å². The molecule has 2 amide bonds. The Balaban J connectivity index is 2.46. The maximum absolute atomic E-state index is 11.6. The predicted octanol–water partition coefficient (Wildman–Crippen LogP) is 1.72. The van der Waals surface area contributed by atoms with Crippen LogP contribution in [0.2, 0.25) is 0 Å². The number of methoxy groups -OCH3 is 1. The van der Waals surface area contributed by atoms with Gasteiger partial charge in [0.25, 0.3) is 0 Å². The molecule has 9 heteroatoms. The van der Waals surface area contributed by atoms with Gasteiger partial charge >= 0.3 is 12.0 Å². The lowest BCUT2D eigenvalue weighted by molar-refractivity contribution is -0.137. The number of urea groups is 1. The van der Waals surface area contributed by atoms with E-state index in [9.17, 15) is 9.59 Å². The van der Waals surface area contributed by atoms with E-state index in [4.69, 9.17) is 0 Å². The molecule has 0 aliphatic carbocycles. The largest absolute Gasteiger partial charge is 0.468 e. The molecule has 1 rings (SSSR count). The second-order valence-corrected chi connectivity index (χ2v) is 6.77. The van der Waals surface area contributed by atoms with Crippen LogP contribution in [0.15, 0.2) is 4.34 Å². The molecular formula is C10H16N4O3S2. The second-order valence-electron chi connectivity index (χ2n) is 4.57. The van der Waals surface area contributed by atoms with Crippen molar-refractivity contribution in [2.24, 2.45) is 0 Å². The first-order chi connectivity index (χ1) is 8.80. The highest BCUT2D eigenvalue weighted by Gasteiger charge is 2.15. The molecule has 7 nitrogen and oxygen atoms in total. The first-order valence-electron chi connectivity index (χ1n) is 5.42. The number of anilines is 1. The van der Waals surface area contributed by atoms with Crippen molar-refractivity contribution in [1.29, 1.82) is 0 Å². The van der Waals surface area contributed by atoms with Crippen LogP contribution in [0.5, 0.6) is 0 Å². The van der Waals surface area contributed by atoms with E-state index in [-0.39, 0.29) is 23.3 Å². The summed E-state index contributed by atoms with van der Waals surface area (Å²) in [6.45, 7) is 5.64. The molecule has 1 aromatic heterocycles. The summed E-state index contributed by atoms with van der Waals surface area (Å²) in [6, 6.07) is -0.340. The number of esters is 1. The van der Waals surface area contributed by atoms with E-state index in [1.165, 1.54) is 30.2 Å². The van der Waals surface area contributed by atoms with Gasteiger partial charge in [-0.15, -0.1) is 10.2 Å². The third-order valence-electron chi connectivity index (χ3n) is 1.66. The quantitative estimate of drug-likeness (QED) is 0.500. The van der Waals surface area contributed by atoms with Crippen LogP contribution in [0, 0.1) is 0 Å². The Hall–Kier alpha value is -1.35. The van der Waals surface area contributed by atoms with Crippen molar-refractivity contribution in [3.8, 4) is 0 Å². The zero-order valence-corrected chi connectivity index (χ0v) is 12.8. The van der Waals surface area contributed by atoms with Crippen molar-refractivity contribution >= 4 is 40.2 Å². The van der Waals surface area contributed by atoms with Gasteiger partial charge in [0.05, 0.1) is 12.9 Å². The van der Waals surface area contributed by atoms with Crippen LogP contribution in [0.1, 0.15) is 20.8 Å². The van der Waals surface area contributed by atoms with Gasteiger partial charge in [0.15, 0.2) is 4.34 Å². The Morgan fingerprint density at radius 3 is 2.63 bits per heavy atom. The second kappa shape index (κ2) is 6.71. The normalized spacial score (nSPS) is 10.9. The van der Waals surface area contributed by atoms with Gasteiger partial charge in [0, 0.05) is 5.54 Å². The molecule has 0 saturated heterocycles.